The van der Waals surface area contributed by atoms with Gasteiger partial charge in [-0.1, -0.05) is 6.07 Å². The van der Waals surface area contributed by atoms with E-state index >= 15 is 0 Å². The van der Waals surface area contributed by atoms with Gasteiger partial charge in [0.15, 0.2) is 0 Å². The molecule has 5 nitrogen and oxygen atoms in total. The zero-order valence-electron chi connectivity index (χ0n) is 10.6. The van der Waals surface area contributed by atoms with Crippen LogP contribution in [-0.4, -0.2) is 22.6 Å². The number of anilines is 1. The third-order valence-corrected chi connectivity index (χ3v) is 2.65. The van der Waals surface area contributed by atoms with Crippen molar-refractivity contribution in [2.24, 2.45) is 7.05 Å². The van der Waals surface area contributed by atoms with E-state index in [0.29, 0.717) is 17.3 Å². The fourth-order valence-corrected chi connectivity index (χ4v) is 1.64. The second-order valence-corrected chi connectivity index (χ2v) is 4.02. The first-order valence-electron chi connectivity index (χ1n) is 5.55. The third-order valence-electron chi connectivity index (χ3n) is 2.65. The number of rotatable bonds is 3. The van der Waals surface area contributed by atoms with Crippen molar-refractivity contribution in [2.45, 2.75) is 6.92 Å². The largest absolute Gasteiger partial charge is 0.496 e. The van der Waals surface area contributed by atoms with E-state index in [-0.39, 0.29) is 5.91 Å². The van der Waals surface area contributed by atoms with Crippen molar-refractivity contribution in [3.05, 3.63) is 41.7 Å². The highest BCUT2D eigenvalue weighted by atomic mass is 16.5. The number of nitrogens with one attached hydrogen (secondary N) is 1. The molecular formula is C13H15N3O2. The Balaban J connectivity index is 2.26. The summed E-state index contributed by atoms with van der Waals surface area (Å²) >= 11 is 0. The summed E-state index contributed by atoms with van der Waals surface area (Å²) in [7, 11) is 3.36. The van der Waals surface area contributed by atoms with Crippen LogP contribution in [0.2, 0.25) is 0 Å². The van der Waals surface area contributed by atoms with E-state index < -0.39 is 0 Å². The monoisotopic (exact) mass is 245 g/mol. The fourth-order valence-electron chi connectivity index (χ4n) is 1.64. The fraction of sp³-hybridized carbons (Fsp3) is 0.231. The van der Waals surface area contributed by atoms with Crippen molar-refractivity contribution in [3.8, 4) is 5.75 Å². The van der Waals surface area contributed by atoms with E-state index in [1.54, 1.807) is 30.1 Å². The van der Waals surface area contributed by atoms with Gasteiger partial charge in [-0.05, 0) is 24.6 Å². The number of hydrogen-bond donors (Lipinski definition) is 1. The van der Waals surface area contributed by atoms with E-state index in [1.165, 1.54) is 0 Å². The molecule has 0 aliphatic rings. The number of hydrogen-bond acceptors (Lipinski definition) is 3. The zero-order valence-corrected chi connectivity index (χ0v) is 10.6. The van der Waals surface area contributed by atoms with Crippen molar-refractivity contribution in [1.82, 2.24) is 9.55 Å². The molecule has 0 spiro atoms. The van der Waals surface area contributed by atoms with Gasteiger partial charge in [-0.3, -0.25) is 10.1 Å². The van der Waals surface area contributed by atoms with Crippen LogP contribution in [0.5, 0.6) is 5.75 Å². The minimum atomic E-state index is -0.235. The van der Waals surface area contributed by atoms with Gasteiger partial charge in [-0.15, -0.1) is 0 Å². The van der Waals surface area contributed by atoms with Crippen molar-refractivity contribution in [1.29, 1.82) is 0 Å². The van der Waals surface area contributed by atoms with Crippen molar-refractivity contribution in [2.75, 3.05) is 12.4 Å². The lowest BCUT2D eigenvalue weighted by Crippen LogP contribution is -2.16. The molecule has 0 saturated carbocycles. The Morgan fingerprint density at radius 3 is 2.83 bits per heavy atom. The van der Waals surface area contributed by atoms with Gasteiger partial charge in [0.05, 0.1) is 12.7 Å². The average molecular weight is 245 g/mol. The summed E-state index contributed by atoms with van der Waals surface area (Å²) in [6.45, 7) is 1.95. The number of aromatic nitrogens is 2. The summed E-state index contributed by atoms with van der Waals surface area (Å²) in [6.07, 6.45) is 3.39. The first-order valence-corrected chi connectivity index (χ1v) is 5.55. The molecule has 2 aromatic rings. The molecule has 5 heteroatoms. The molecule has 0 saturated heterocycles. The van der Waals surface area contributed by atoms with E-state index in [9.17, 15) is 4.79 Å². The maximum absolute atomic E-state index is 12.1. The molecule has 1 N–H and O–H groups in total. The molecule has 2 rings (SSSR count). The molecule has 0 aliphatic heterocycles. The van der Waals surface area contributed by atoms with Gasteiger partial charge in [0.1, 0.15) is 5.75 Å². The summed E-state index contributed by atoms with van der Waals surface area (Å²) in [4.78, 5) is 16.2. The van der Waals surface area contributed by atoms with Gasteiger partial charge in [-0.2, -0.15) is 0 Å². The summed E-state index contributed by atoms with van der Waals surface area (Å²) in [5.74, 6) is 0.825. The zero-order chi connectivity index (χ0) is 13.1. The summed E-state index contributed by atoms with van der Waals surface area (Å²) in [5, 5.41) is 2.73. The van der Waals surface area contributed by atoms with E-state index in [0.717, 1.165) is 5.56 Å². The number of carbonyl (C=O) groups excluding carboxylic acids is 1. The number of aryl methyl sites for hydroxylation is 2. The molecule has 94 valence electrons. The Kier molecular flexibility index (Phi) is 3.32. The number of imidazole rings is 1. The Morgan fingerprint density at radius 2 is 2.22 bits per heavy atom. The second-order valence-electron chi connectivity index (χ2n) is 4.02. The van der Waals surface area contributed by atoms with Crippen LogP contribution < -0.4 is 10.1 Å². The summed E-state index contributed by atoms with van der Waals surface area (Å²) in [6, 6.07) is 5.44. The Labute approximate surface area is 105 Å². The molecule has 0 bridgehead atoms. The molecule has 18 heavy (non-hydrogen) atoms. The van der Waals surface area contributed by atoms with Crippen LogP contribution in [0, 0.1) is 6.92 Å². The van der Waals surface area contributed by atoms with Crippen molar-refractivity contribution in [3.63, 3.8) is 0 Å². The van der Waals surface area contributed by atoms with Gasteiger partial charge in [0, 0.05) is 19.4 Å². The molecule has 0 atom stereocenters. The molecule has 0 aliphatic carbocycles. The SMILES string of the molecule is COc1cc(C)ccc1C(=O)Nc1nccn1C. The molecule has 0 radical (unpaired) electrons. The van der Waals surface area contributed by atoms with E-state index in [1.807, 2.05) is 26.1 Å². The predicted octanol–water partition coefficient (Wildman–Crippen LogP) is 1.99. The van der Waals surface area contributed by atoms with Gasteiger partial charge >= 0.3 is 0 Å². The van der Waals surface area contributed by atoms with E-state index in [2.05, 4.69) is 10.3 Å². The first kappa shape index (κ1) is 12.2. The van der Waals surface area contributed by atoms with Crippen LogP contribution in [0.25, 0.3) is 0 Å². The number of nitrogens with zero attached hydrogens (tertiary/aromatic N) is 2. The maximum Gasteiger partial charge on any atom is 0.261 e. The van der Waals surface area contributed by atoms with Crippen LogP contribution in [0.4, 0.5) is 5.95 Å². The quantitative estimate of drug-likeness (QED) is 0.899. The molecule has 1 amide bonds. The van der Waals surface area contributed by atoms with Crippen LogP contribution in [-0.2, 0) is 7.05 Å². The highest BCUT2D eigenvalue weighted by Gasteiger charge is 2.13. The minimum absolute atomic E-state index is 0.235. The Morgan fingerprint density at radius 1 is 1.44 bits per heavy atom. The van der Waals surface area contributed by atoms with Gasteiger partial charge in [-0.25, -0.2) is 4.98 Å². The smallest absolute Gasteiger partial charge is 0.261 e. The molecule has 0 fully saturated rings. The molecular weight excluding hydrogens is 230 g/mol. The summed E-state index contributed by atoms with van der Waals surface area (Å²) < 4.78 is 6.94. The van der Waals surface area contributed by atoms with E-state index in [4.69, 9.17) is 4.74 Å². The molecule has 0 unspecified atom stereocenters. The van der Waals surface area contributed by atoms with Crippen molar-refractivity contribution >= 4 is 11.9 Å². The number of amides is 1. The lowest BCUT2D eigenvalue weighted by molar-refractivity contribution is 0.102. The van der Waals surface area contributed by atoms with Crippen molar-refractivity contribution < 1.29 is 9.53 Å². The third kappa shape index (κ3) is 2.34. The molecule has 1 aromatic heterocycles. The first-order chi connectivity index (χ1) is 8.61. The lowest BCUT2D eigenvalue weighted by atomic mass is 10.1. The highest BCUT2D eigenvalue weighted by Crippen LogP contribution is 2.20. The second kappa shape index (κ2) is 4.91. The van der Waals surface area contributed by atoms with Crippen LogP contribution in [0.3, 0.4) is 0 Å². The average Bonchev–Trinajstić information content (AvgIpc) is 2.74. The molecule has 1 heterocycles. The Hall–Kier alpha value is -2.30. The number of ether oxygens (including phenoxy) is 1. The molecule has 1 aromatic carbocycles. The number of benzene rings is 1. The van der Waals surface area contributed by atoms with Crippen LogP contribution in [0.1, 0.15) is 15.9 Å². The Bertz CT molecular complexity index is 575. The predicted molar refractivity (Wildman–Crippen MR) is 68.9 cm³/mol. The van der Waals surface area contributed by atoms with Crippen LogP contribution in [0.15, 0.2) is 30.6 Å². The van der Waals surface area contributed by atoms with Crippen LogP contribution >= 0.6 is 0 Å². The lowest BCUT2D eigenvalue weighted by Gasteiger charge is -2.09. The maximum atomic E-state index is 12.1. The van der Waals surface area contributed by atoms with Gasteiger partial charge in [0.2, 0.25) is 5.95 Å². The summed E-state index contributed by atoms with van der Waals surface area (Å²) in [5.41, 5.74) is 1.53. The topological polar surface area (TPSA) is 56.1 Å². The normalized spacial score (nSPS) is 10.2. The van der Waals surface area contributed by atoms with Gasteiger partial charge in [0.25, 0.3) is 5.91 Å². The number of carbonyl (C=O) groups is 1. The number of methoxy groups -OCH3 is 1. The highest BCUT2D eigenvalue weighted by molar-refractivity contribution is 6.05. The minimum Gasteiger partial charge on any atom is -0.496 e. The standard InChI is InChI=1S/C13H15N3O2/c1-9-4-5-10(11(8-9)18-3)12(17)15-13-14-6-7-16(13)2/h4-8H,1-3H3,(H,14,15,17). The van der Waals surface area contributed by atoms with Gasteiger partial charge < -0.3 is 9.30 Å².